The number of halogens is 1. The number of urea groups is 1. The van der Waals surface area contributed by atoms with E-state index in [1.54, 1.807) is 0 Å². The molecule has 0 saturated heterocycles. The molecule has 20 heavy (non-hydrogen) atoms. The molecular weight excluding hydrogens is 280 g/mol. The van der Waals surface area contributed by atoms with E-state index in [1.165, 1.54) is 18.2 Å². The molecule has 0 unspecified atom stereocenters. The number of carbonyl (C=O) groups excluding carboxylic acids is 1. The lowest BCUT2D eigenvalue weighted by molar-refractivity contribution is 0.0697. The maximum Gasteiger partial charge on any atom is 0.335 e. The van der Waals surface area contributed by atoms with Crippen molar-refractivity contribution in [1.29, 1.82) is 0 Å². The molecule has 0 aromatic heterocycles. The van der Waals surface area contributed by atoms with Gasteiger partial charge >= 0.3 is 12.0 Å². The summed E-state index contributed by atoms with van der Waals surface area (Å²) in [6.45, 7) is 2.05. The van der Waals surface area contributed by atoms with Crippen LogP contribution in [0.3, 0.4) is 0 Å². The summed E-state index contributed by atoms with van der Waals surface area (Å²) in [5.41, 5.74) is 0.391. The lowest BCUT2D eigenvalue weighted by atomic mass is 9.75. The fourth-order valence-corrected chi connectivity index (χ4v) is 2.54. The molecule has 1 aromatic carbocycles. The molecule has 1 aliphatic carbocycles. The number of hydrogen-bond donors (Lipinski definition) is 3. The molecule has 0 radical (unpaired) electrons. The summed E-state index contributed by atoms with van der Waals surface area (Å²) in [7, 11) is 0. The minimum absolute atomic E-state index is 0.0879. The van der Waals surface area contributed by atoms with Gasteiger partial charge in [-0.2, -0.15) is 0 Å². The molecule has 1 aliphatic rings. The molecule has 0 heterocycles. The SMILES string of the molecule is CCC1(NC(=O)Nc2ccc(C(=O)O)cc2Cl)CCC1. The van der Waals surface area contributed by atoms with Crippen molar-refractivity contribution in [2.75, 3.05) is 5.32 Å². The largest absolute Gasteiger partial charge is 0.478 e. The Bertz CT molecular complexity index is 536. The Kier molecular flexibility index (Phi) is 4.18. The molecule has 0 atom stereocenters. The van der Waals surface area contributed by atoms with Gasteiger partial charge in [0.05, 0.1) is 16.3 Å². The van der Waals surface area contributed by atoms with Gasteiger partial charge in [-0.1, -0.05) is 18.5 Å². The van der Waals surface area contributed by atoms with Gasteiger partial charge in [-0.05, 0) is 43.9 Å². The molecule has 0 spiro atoms. The lowest BCUT2D eigenvalue weighted by Crippen LogP contribution is -2.54. The van der Waals surface area contributed by atoms with E-state index in [4.69, 9.17) is 16.7 Å². The van der Waals surface area contributed by atoms with E-state index < -0.39 is 5.97 Å². The molecule has 1 aromatic rings. The maximum atomic E-state index is 12.0. The van der Waals surface area contributed by atoms with Crippen LogP contribution in [0, 0.1) is 0 Å². The Morgan fingerprint density at radius 2 is 2.10 bits per heavy atom. The molecule has 108 valence electrons. The highest BCUT2D eigenvalue weighted by Crippen LogP contribution is 2.34. The first-order valence-corrected chi connectivity index (χ1v) is 6.95. The minimum atomic E-state index is -1.05. The predicted octanol–water partition coefficient (Wildman–Crippen LogP) is 3.49. The van der Waals surface area contributed by atoms with Gasteiger partial charge in [0.2, 0.25) is 0 Å². The fourth-order valence-electron chi connectivity index (χ4n) is 2.31. The standard InChI is InChI=1S/C14H17ClN2O3/c1-2-14(6-3-7-14)17-13(20)16-11-5-4-9(12(18)19)8-10(11)15/h4-5,8H,2-3,6-7H2,1H3,(H,18,19)(H2,16,17,20). The first-order valence-electron chi connectivity index (χ1n) is 6.58. The van der Waals surface area contributed by atoms with Crippen LogP contribution in [0.25, 0.3) is 0 Å². The highest BCUT2D eigenvalue weighted by molar-refractivity contribution is 6.34. The third-order valence-corrected chi connectivity index (χ3v) is 4.14. The van der Waals surface area contributed by atoms with Crippen LogP contribution in [-0.4, -0.2) is 22.6 Å². The van der Waals surface area contributed by atoms with Crippen molar-refractivity contribution < 1.29 is 14.7 Å². The highest BCUT2D eigenvalue weighted by Gasteiger charge is 2.36. The molecule has 0 aliphatic heterocycles. The number of carbonyl (C=O) groups is 2. The zero-order chi connectivity index (χ0) is 14.8. The van der Waals surface area contributed by atoms with Gasteiger partial charge < -0.3 is 15.7 Å². The number of nitrogens with one attached hydrogen (secondary N) is 2. The average Bonchev–Trinajstić information content (AvgIpc) is 2.36. The summed E-state index contributed by atoms with van der Waals surface area (Å²) < 4.78 is 0. The molecule has 2 amide bonds. The van der Waals surface area contributed by atoms with Crippen molar-refractivity contribution >= 4 is 29.3 Å². The molecule has 3 N–H and O–H groups in total. The first-order chi connectivity index (χ1) is 9.46. The van der Waals surface area contributed by atoms with Gasteiger partial charge in [0.15, 0.2) is 0 Å². The number of hydrogen-bond acceptors (Lipinski definition) is 2. The van der Waals surface area contributed by atoms with Crippen molar-refractivity contribution in [3.8, 4) is 0 Å². The first kappa shape index (κ1) is 14.7. The number of benzene rings is 1. The Balaban J connectivity index is 2.02. The second-order valence-corrected chi connectivity index (χ2v) is 5.47. The number of anilines is 1. The van der Waals surface area contributed by atoms with Gasteiger partial charge in [-0.3, -0.25) is 0 Å². The normalized spacial score (nSPS) is 16.1. The average molecular weight is 297 g/mol. The summed E-state index contributed by atoms with van der Waals surface area (Å²) in [5.74, 6) is -1.05. The van der Waals surface area contributed by atoms with Crippen LogP contribution in [0.15, 0.2) is 18.2 Å². The van der Waals surface area contributed by atoms with E-state index in [1.807, 2.05) is 6.92 Å². The highest BCUT2D eigenvalue weighted by atomic mass is 35.5. The third kappa shape index (κ3) is 3.04. The quantitative estimate of drug-likeness (QED) is 0.796. The van der Waals surface area contributed by atoms with Crippen LogP contribution in [0.2, 0.25) is 5.02 Å². The van der Waals surface area contributed by atoms with Gasteiger partial charge in [0.25, 0.3) is 0 Å². The molecule has 1 saturated carbocycles. The van der Waals surface area contributed by atoms with Gasteiger partial charge in [0, 0.05) is 5.54 Å². The molecule has 2 rings (SSSR count). The van der Waals surface area contributed by atoms with E-state index in [0.29, 0.717) is 5.69 Å². The van der Waals surface area contributed by atoms with Crippen LogP contribution in [0.5, 0.6) is 0 Å². The molecule has 5 nitrogen and oxygen atoms in total. The molecule has 1 fully saturated rings. The fraction of sp³-hybridized carbons (Fsp3) is 0.429. The lowest BCUT2D eigenvalue weighted by Gasteiger charge is -2.41. The number of carboxylic acid groups (broad SMARTS) is 1. The Morgan fingerprint density at radius 3 is 2.55 bits per heavy atom. The van der Waals surface area contributed by atoms with Crippen LogP contribution in [0.4, 0.5) is 10.5 Å². The van der Waals surface area contributed by atoms with E-state index in [2.05, 4.69) is 10.6 Å². The van der Waals surface area contributed by atoms with E-state index in [0.717, 1.165) is 25.7 Å². The van der Waals surface area contributed by atoms with E-state index >= 15 is 0 Å². The van der Waals surface area contributed by atoms with Crippen molar-refractivity contribution in [2.45, 2.75) is 38.1 Å². The van der Waals surface area contributed by atoms with Crippen LogP contribution >= 0.6 is 11.6 Å². The van der Waals surface area contributed by atoms with Gasteiger partial charge in [-0.15, -0.1) is 0 Å². The summed E-state index contributed by atoms with van der Waals surface area (Å²) >= 11 is 5.96. The number of aromatic carboxylic acids is 1. The van der Waals surface area contributed by atoms with Crippen molar-refractivity contribution in [3.63, 3.8) is 0 Å². The Morgan fingerprint density at radius 1 is 1.40 bits per heavy atom. The number of rotatable bonds is 4. The molecule has 6 heteroatoms. The van der Waals surface area contributed by atoms with Gasteiger partial charge in [0.1, 0.15) is 0 Å². The monoisotopic (exact) mass is 296 g/mol. The second kappa shape index (κ2) is 5.71. The Hall–Kier alpha value is -1.75. The van der Waals surface area contributed by atoms with Crippen molar-refractivity contribution in [3.05, 3.63) is 28.8 Å². The summed E-state index contributed by atoms with van der Waals surface area (Å²) in [6, 6.07) is 3.91. The van der Waals surface area contributed by atoms with Crippen LogP contribution in [0.1, 0.15) is 43.0 Å². The zero-order valence-corrected chi connectivity index (χ0v) is 12.0. The molecule has 0 bridgehead atoms. The maximum absolute atomic E-state index is 12.0. The number of amides is 2. The van der Waals surface area contributed by atoms with Gasteiger partial charge in [-0.25, -0.2) is 9.59 Å². The summed E-state index contributed by atoms with van der Waals surface area (Å²) in [4.78, 5) is 22.8. The van der Waals surface area contributed by atoms with Crippen LogP contribution < -0.4 is 10.6 Å². The van der Waals surface area contributed by atoms with E-state index in [9.17, 15) is 9.59 Å². The topological polar surface area (TPSA) is 78.4 Å². The summed E-state index contributed by atoms with van der Waals surface area (Å²) in [5, 5.41) is 14.7. The molecular formula is C14H17ClN2O3. The predicted molar refractivity (Wildman–Crippen MR) is 77.4 cm³/mol. The van der Waals surface area contributed by atoms with E-state index in [-0.39, 0.29) is 22.2 Å². The Labute approximate surface area is 122 Å². The second-order valence-electron chi connectivity index (χ2n) is 5.07. The minimum Gasteiger partial charge on any atom is -0.478 e. The van der Waals surface area contributed by atoms with Crippen molar-refractivity contribution in [1.82, 2.24) is 5.32 Å². The summed E-state index contributed by atoms with van der Waals surface area (Å²) in [6.07, 6.45) is 4.00. The number of carboxylic acids is 1. The van der Waals surface area contributed by atoms with Crippen LogP contribution in [-0.2, 0) is 0 Å². The smallest absolute Gasteiger partial charge is 0.335 e. The van der Waals surface area contributed by atoms with Crippen molar-refractivity contribution in [2.24, 2.45) is 0 Å². The third-order valence-electron chi connectivity index (χ3n) is 3.83. The zero-order valence-electron chi connectivity index (χ0n) is 11.2.